The van der Waals surface area contributed by atoms with Crippen LogP contribution in [0.1, 0.15) is 50.5 Å². The number of amides is 2. The molecule has 2 aliphatic rings. The maximum atomic E-state index is 12.9. The van der Waals surface area contributed by atoms with Crippen LogP contribution in [0.3, 0.4) is 0 Å². The van der Waals surface area contributed by atoms with Crippen molar-refractivity contribution in [3.8, 4) is 0 Å². The van der Waals surface area contributed by atoms with Crippen LogP contribution in [0.4, 0.5) is 0 Å². The molecule has 0 spiro atoms. The van der Waals surface area contributed by atoms with Gasteiger partial charge < -0.3 is 15.5 Å². The number of halogens is 1. The molecular formula is C21H32ClN3O2. The Bertz CT molecular complexity index is 617. The Hall–Kier alpha value is -1.59. The number of hydrogen-bond acceptors (Lipinski definition) is 3. The molecule has 1 heterocycles. The summed E-state index contributed by atoms with van der Waals surface area (Å²) in [6.07, 6.45) is 6.97. The normalized spacial score (nSPS) is 19.7. The molecule has 0 radical (unpaired) electrons. The van der Waals surface area contributed by atoms with Crippen LogP contribution in [0.5, 0.6) is 0 Å². The molecule has 0 bridgehead atoms. The van der Waals surface area contributed by atoms with Crippen molar-refractivity contribution < 1.29 is 9.59 Å². The van der Waals surface area contributed by atoms with Gasteiger partial charge >= 0.3 is 0 Å². The van der Waals surface area contributed by atoms with E-state index in [0.717, 1.165) is 45.1 Å². The molecule has 150 valence electrons. The zero-order chi connectivity index (χ0) is 18.4. The Balaban J connectivity index is 0.00000261. The summed E-state index contributed by atoms with van der Waals surface area (Å²) in [5, 5.41) is 0. The molecule has 2 amide bonds. The van der Waals surface area contributed by atoms with Gasteiger partial charge in [-0.2, -0.15) is 0 Å². The third kappa shape index (κ3) is 5.69. The lowest BCUT2D eigenvalue weighted by atomic mass is 9.81. The van der Waals surface area contributed by atoms with Gasteiger partial charge in [0.2, 0.25) is 11.8 Å². The SMILES string of the molecule is Cl.NC1(C(=O)N2CCCN(C(=O)CCc3ccccc3)CC2)CCCCC1. The van der Waals surface area contributed by atoms with E-state index in [1.165, 1.54) is 12.0 Å². The summed E-state index contributed by atoms with van der Waals surface area (Å²) in [5.41, 5.74) is 6.93. The number of carbonyl (C=O) groups excluding carboxylic acids is 2. The van der Waals surface area contributed by atoms with Gasteiger partial charge in [-0.15, -0.1) is 12.4 Å². The first-order valence-electron chi connectivity index (χ1n) is 9.98. The Morgan fingerprint density at radius 1 is 0.889 bits per heavy atom. The van der Waals surface area contributed by atoms with Crippen LogP contribution in [-0.2, 0) is 16.0 Å². The van der Waals surface area contributed by atoms with Gasteiger partial charge in [0.1, 0.15) is 0 Å². The third-order valence-corrected chi connectivity index (χ3v) is 5.78. The molecule has 5 nitrogen and oxygen atoms in total. The van der Waals surface area contributed by atoms with Crippen molar-refractivity contribution in [1.82, 2.24) is 9.80 Å². The molecule has 2 N–H and O–H groups in total. The molecular weight excluding hydrogens is 362 g/mol. The van der Waals surface area contributed by atoms with Gasteiger partial charge in [0.05, 0.1) is 5.54 Å². The number of nitrogens with zero attached hydrogens (tertiary/aromatic N) is 2. The Labute approximate surface area is 168 Å². The molecule has 1 aliphatic heterocycles. The molecule has 2 fully saturated rings. The summed E-state index contributed by atoms with van der Waals surface area (Å²) in [6.45, 7) is 2.67. The molecule has 0 atom stereocenters. The van der Waals surface area contributed by atoms with E-state index in [-0.39, 0.29) is 24.2 Å². The fourth-order valence-electron chi connectivity index (χ4n) is 4.14. The van der Waals surface area contributed by atoms with Gasteiger partial charge in [-0.25, -0.2) is 0 Å². The number of carbonyl (C=O) groups is 2. The number of benzene rings is 1. The highest BCUT2D eigenvalue weighted by molar-refractivity contribution is 5.86. The lowest BCUT2D eigenvalue weighted by molar-refractivity contribution is -0.138. The van der Waals surface area contributed by atoms with Crippen LogP contribution in [0.15, 0.2) is 30.3 Å². The topological polar surface area (TPSA) is 66.6 Å². The van der Waals surface area contributed by atoms with Crippen LogP contribution in [0.25, 0.3) is 0 Å². The second kappa shape index (κ2) is 10.1. The van der Waals surface area contributed by atoms with Crippen LogP contribution >= 0.6 is 12.4 Å². The summed E-state index contributed by atoms with van der Waals surface area (Å²) < 4.78 is 0. The number of rotatable bonds is 4. The van der Waals surface area contributed by atoms with Crippen LogP contribution in [0, 0.1) is 0 Å². The Morgan fingerprint density at radius 3 is 2.22 bits per heavy atom. The van der Waals surface area contributed by atoms with Gasteiger partial charge in [-0.3, -0.25) is 9.59 Å². The van der Waals surface area contributed by atoms with Crippen molar-refractivity contribution in [1.29, 1.82) is 0 Å². The van der Waals surface area contributed by atoms with E-state index in [9.17, 15) is 9.59 Å². The van der Waals surface area contributed by atoms with Gasteiger partial charge in [-0.05, 0) is 31.2 Å². The Kier molecular flexibility index (Phi) is 8.11. The summed E-state index contributed by atoms with van der Waals surface area (Å²) in [4.78, 5) is 29.3. The quantitative estimate of drug-likeness (QED) is 0.855. The minimum Gasteiger partial charge on any atom is -0.341 e. The standard InChI is InChI=1S/C21H31N3O2.ClH/c22-21(12-5-2-6-13-21)20(26)24-15-7-14-23(16-17-24)19(25)11-10-18-8-3-1-4-9-18;/h1,3-4,8-9H,2,5-7,10-17,22H2;1H. The predicted molar refractivity (Wildman–Crippen MR) is 110 cm³/mol. The van der Waals surface area contributed by atoms with Crippen molar-refractivity contribution in [2.75, 3.05) is 26.2 Å². The number of nitrogens with two attached hydrogens (primary N) is 1. The maximum Gasteiger partial charge on any atom is 0.242 e. The molecule has 1 saturated heterocycles. The summed E-state index contributed by atoms with van der Waals surface area (Å²) in [5.74, 6) is 0.277. The van der Waals surface area contributed by atoms with E-state index in [1.54, 1.807) is 0 Å². The second-order valence-electron chi connectivity index (χ2n) is 7.73. The zero-order valence-corrected chi connectivity index (χ0v) is 16.9. The lowest BCUT2D eigenvalue weighted by Crippen LogP contribution is -2.56. The smallest absolute Gasteiger partial charge is 0.242 e. The molecule has 3 rings (SSSR count). The first kappa shape index (κ1) is 21.7. The monoisotopic (exact) mass is 393 g/mol. The van der Waals surface area contributed by atoms with E-state index in [2.05, 4.69) is 12.1 Å². The molecule has 6 heteroatoms. The Morgan fingerprint density at radius 2 is 1.52 bits per heavy atom. The molecule has 1 aliphatic carbocycles. The zero-order valence-electron chi connectivity index (χ0n) is 16.1. The summed E-state index contributed by atoms with van der Waals surface area (Å²) in [6, 6.07) is 10.1. The molecule has 1 aromatic carbocycles. The van der Waals surface area contributed by atoms with Crippen LogP contribution < -0.4 is 5.73 Å². The number of aryl methyl sites for hydroxylation is 1. The van der Waals surface area contributed by atoms with E-state index in [0.29, 0.717) is 26.1 Å². The molecule has 1 aromatic rings. The van der Waals surface area contributed by atoms with Crippen molar-refractivity contribution in [2.24, 2.45) is 5.73 Å². The largest absolute Gasteiger partial charge is 0.341 e. The van der Waals surface area contributed by atoms with Gasteiger partial charge in [0.25, 0.3) is 0 Å². The highest BCUT2D eigenvalue weighted by Gasteiger charge is 2.38. The summed E-state index contributed by atoms with van der Waals surface area (Å²) in [7, 11) is 0. The highest BCUT2D eigenvalue weighted by Crippen LogP contribution is 2.28. The average Bonchev–Trinajstić information content (AvgIpc) is 2.93. The highest BCUT2D eigenvalue weighted by atomic mass is 35.5. The molecule has 0 unspecified atom stereocenters. The van der Waals surface area contributed by atoms with E-state index >= 15 is 0 Å². The van der Waals surface area contributed by atoms with Gasteiger partial charge in [-0.1, -0.05) is 49.6 Å². The van der Waals surface area contributed by atoms with Gasteiger partial charge in [0, 0.05) is 32.6 Å². The first-order valence-corrected chi connectivity index (χ1v) is 9.98. The van der Waals surface area contributed by atoms with E-state index < -0.39 is 5.54 Å². The maximum absolute atomic E-state index is 12.9. The number of hydrogen-bond donors (Lipinski definition) is 1. The van der Waals surface area contributed by atoms with Gasteiger partial charge in [0.15, 0.2) is 0 Å². The minimum atomic E-state index is -0.676. The first-order chi connectivity index (χ1) is 12.6. The van der Waals surface area contributed by atoms with Crippen molar-refractivity contribution in [3.05, 3.63) is 35.9 Å². The fourth-order valence-corrected chi connectivity index (χ4v) is 4.14. The predicted octanol–water partition coefficient (Wildman–Crippen LogP) is 2.76. The average molecular weight is 394 g/mol. The summed E-state index contributed by atoms with van der Waals surface area (Å²) >= 11 is 0. The lowest BCUT2D eigenvalue weighted by Gasteiger charge is -2.36. The van der Waals surface area contributed by atoms with E-state index in [4.69, 9.17) is 5.73 Å². The fraction of sp³-hybridized carbons (Fsp3) is 0.619. The third-order valence-electron chi connectivity index (χ3n) is 5.78. The van der Waals surface area contributed by atoms with Crippen molar-refractivity contribution >= 4 is 24.2 Å². The van der Waals surface area contributed by atoms with Crippen molar-refractivity contribution in [2.45, 2.75) is 56.9 Å². The molecule has 0 aromatic heterocycles. The van der Waals surface area contributed by atoms with Crippen molar-refractivity contribution in [3.63, 3.8) is 0 Å². The van der Waals surface area contributed by atoms with Crippen LogP contribution in [-0.4, -0.2) is 53.3 Å². The minimum absolute atomic E-state index is 0. The molecule has 1 saturated carbocycles. The second-order valence-corrected chi connectivity index (χ2v) is 7.73. The van der Waals surface area contributed by atoms with E-state index in [1.807, 2.05) is 28.0 Å². The van der Waals surface area contributed by atoms with Crippen LogP contribution in [0.2, 0.25) is 0 Å². The molecule has 27 heavy (non-hydrogen) atoms.